The van der Waals surface area contributed by atoms with Gasteiger partial charge in [-0.2, -0.15) is 5.10 Å². The highest BCUT2D eigenvalue weighted by molar-refractivity contribution is 5.76. The van der Waals surface area contributed by atoms with Gasteiger partial charge in [-0.05, 0) is 44.0 Å². The van der Waals surface area contributed by atoms with E-state index in [9.17, 15) is 4.79 Å². The number of aryl methyl sites for hydroxylation is 1. The monoisotopic (exact) mass is 341 g/mol. The first-order chi connectivity index (χ1) is 12.1. The van der Waals surface area contributed by atoms with Gasteiger partial charge in [0, 0.05) is 56.6 Å². The molecule has 1 aliphatic heterocycles. The Labute approximate surface area is 149 Å². The fourth-order valence-corrected chi connectivity index (χ4v) is 3.54. The zero-order valence-electron chi connectivity index (χ0n) is 15.1. The molecule has 1 unspecified atom stereocenters. The minimum Gasteiger partial charge on any atom is -0.342 e. The number of aromatic nitrogens is 3. The van der Waals surface area contributed by atoms with E-state index in [2.05, 4.69) is 33.1 Å². The van der Waals surface area contributed by atoms with E-state index in [0.717, 1.165) is 39.0 Å². The number of H-pyrrole nitrogens is 1. The van der Waals surface area contributed by atoms with Crippen LogP contribution in [0.5, 0.6) is 0 Å². The summed E-state index contributed by atoms with van der Waals surface area (Å²) in [4.78, 5) is 20.9. The van der Waals surface area contributed by atoms with Crippen molar-refractivity contribution in [3.8, 4) is 0 Å². The second-order valence-electron chi connectivity index (χ2n) is 6.99. The first-order valence-corrected chi connectivity index (χ1v) is 8.98. The number of rotatable bonds is 6. The van der Waals surface area contributed by atoms with Gasteiger partial charge in [0.05, 0.1) is 6.20 Å². The maximum absolute atomic E-state index is 12.6. The van der Waals surface area contributed by atoms with Crippen LogP contribution in [0.25, 0.3) is 0 Å². The zero-order chi connectivity index (χ0) is 17.6. The molecule has 0 saturated carbocycles. The van der Waals surface area contributed by atoms with Crippen molar-refractivity contribution in [2.24, 2.45) is 0 Å². The third kappa shape index (κ3) is 4.66. The highest BCUT2D eigenvalue weighted by Gasteiger charge is 2.26. The average Bonchev–Trinajstić information content (AvgIpc) is 3.06. The summed E-state index contributed by atoms with van der Waals surface area (Å²) in [5, 5.41) is 7.24. The molecule has 0 aliphatic carbocycles. The van der Waals surface area contributed by atoms with Crippen LogP contribution in [0.2, 0.25) is 0 Å². The Morgan fingerprint density at radius 1 is 1.44 bits per heavy atom. The molecule has 1 amide bonds. The van der Waals surface area contributed by atoms with Crippen LogP contribution in [0.4, 0.5) is 0 Å². The van der Waals surface area contributed by atoms with E-state index in [1.807, 2.05) is 30.4 Å². The predicted octanol–water partition coefficient (Wildman–Crippen LogP) is 2.34. The first-order valence-electron chi connectivity index (χ1n) is 8.98. The van der Waals surface area contributed by atoms with Crippen molar-refractivity contribution in [3.05, 3.63) is 47.5 Å². The number of nitrogens with one attached hydrogen (secondary N) is 1. The number of likely N-dealkylation sites (tertiary alicyclic amines) is 1. The number of carbonyl (C=O) groups excluding carboxylic acids is 1. The number of aromatic amines is 1. The molecular formula is C19H27N5O. The summed E-state index contributed by atoms with van der Waals surface area (Å²) in [6.45, 7) is 5.32. The number of nitrogens with zero attached hydrogens (tertiary/aromatic N) is 4. The van der Waals surface area contributed by atoms with E-state index in [0.29, 0.717) is 12.3 Å². The summed E-state index contributed by atoms with van der Waals surface area (Å²) < 4.78 is 0. The number of piperidine rings is 1. The van der Waals surface area contributed by atoms with Crippen molar-refractivity contribution in [2.75, 3.05) is 26.7 Å². The molecule has 134 valence electrons. The third-order valence-corrected chi connectivity index (χ3v) is 4.93. The van der Waals surface area contributed by atoms with Crippen LogP contribution in [0, 0.1) is 6.92 Å². The molecule has 25 heavy (non-hydrogen) atoms. The Morgan fingerprint density at radius 3 is 3.04 bits per heavy atom. The second-order valence-corrected chi connectivity index (χ2v) is 6.99. The van der Waals surface area contributed by atoms with Crippen LogP contribution in [0.1, 0.15) is 42.0 Å². The van der Waals surface area contributed by atoms with E-state index in [-0.39, 0.29) is 5.91 Å². The molecule has 3 rings (SSSR count). The van der Waals surface area contributed by atoms with Crippen molar-refractivity contribution < 1.29 is 4.79 Å². The predicted molar refractivity (Wildman–Crippen MR) is 97.1 cm³/mol. The highest BCUT2D eigenvalue weighted by atomic mass is 16.2. The molecule has 0 aromatic carbocycles. The molecule has 1 saturated heterocycles. The molecule has 0 radical (unpaired) electrons. The minimum atomic E-state index is 0.250. The lowest BCUT2D eigenvalue weighted by Crippen LogP contribution is -2.40. The van der Waals surface area contributed by atoms with Gasteiger partial charge in [0.25, 0.3) is 0 Å². The van der Waals surface area contributed by atoms with Crippen LogP contribution in [0.15, 0.2) is 30.7 Å². The van der Waals surface area contributed by atoms with Gasteiger partial charge in [-0.3, -0.25) is 14.9 Å². The Hall–Kier alpha value is -2.21. The highest BCUT2D eigenvalue weighted by Crippen LogP contribution is 2.27. The van der Waals surface area contributed by atoms with Crippen LogP contribution in [0.3, 0.4) is 0 Å². The summed E-state index contributed by atoms with van der Waals surface area (Å²) in [5.41, 5.74) is 3.55. The van der Waals surface area contributed by atoms with Gasteiger partial charge < -0.3 is 9.80 Å². The molecule has 2 aromatic rings. The number of hydrogen-bond acceptors (Lipinski definition) is 4. The second kappa shape index (κ2) is 8.25. The lowest BCUT2D eigenvalue weighted by molar-refractivity contribution is -0.132. The van der Waals surface area contributed by atoms with Crippen LogP contribution in [-0.4, -0.2) is 57.6 Å². The van der Waals surface area contributed by atoms with E-state index in [1.165, 1.54) is 16.8 Å². The van der Waals surface area contributed by atoms with E-state index in [1.54, 1.807) is 6.20 Å². The van der Waals surface area contributed by atoms with Crippen LogP contribution >= 0.6 is 0 Å². The van der Waals surface area contributed by atoms with Crippen molar-refractivity contribution in [2.45, 2.75) is 38.6 Å². The molecule has 0 spiro atoms. The quantitative estimate of drug-likeness (QED) is 0.876. The molecule has 6 nitrogen and oxygen atoms in total. The Morgan fingerprint density at radius 2 is 2.32 bits per heavy atom. The summed E-state index contributed by atoms with van der Waals surface area (Å²) in [7, 11) is 2.05. The summed E-state index contributed by atoms with van der Waals surface area (Å²) in [5.74, 6) is 0.633. The Balaban J connectivity index is 1.48. The van der Waals surface area contributed by atoms with Crippen LogP contribution < -0.4 is 0 Å². The average molecular weight is 341 g/mol. The number of pyridine rings is 1. The molecular weight excluding hydrogens is 314 g/mol. The van der Waals surface area contributed by atoms with E-state index in [4.69, 9.17) is 0 Å². The maximum atomic E-state index is 12.6. The van der Waals surface area contributed by atoms with Gasteiger partial charge in [-0.25, -0.2) is 0 Å². The van der Waals surface area contributed by atoms with Gasteiger partial charge in [-0.15, -0.1) is 0 Å². The SMILES string of the molecule is Cc1cn[nH]c1C1CCCN(C(=O)CCN(C)Cc2cccnc2)C1. The summed E-state index contributed by atoms with van der Waals surface area (Å²) in [6, 6.07) is 4.01. The normalized spacial score (nSPS) is 17.9. The van der Waals surface area contributed by atoms with Gasteiger partial charge in [-0.1, -0.05) is 6.07 Å². The molecule has 0 bridgehead atoms. The molecule has 2 aromatic heterocycles. The molecule has 1 atom stereocenters. The fourth-order valence-electron chi connectivity index (χ4n) is 3.54. The molecule has 6 heteroatoms. The standard InChI is InChI=1S/C19H27N5O/c1-15-11-21-22-19(15)17-6-4-9-24(14-17)18(25)7-10-23(2)13-16-5-3-8-20-12-16/h3,5,8,11-12,17H,4,6-7,9-10,13-14H2,1-2H3,(H,21,22). The molecule has 1 N–H and O–H groups in total. The molecule has 3 heterocycles. The molecule has 1 fully saturated rings. The van der Waals surface area contributed by atoms with Gasteiger partial charge in [0.15, 0.2) is 0 Å². The van der Waals surface area contributed by atoms with Crippen molar-refractivity contribution >= 4 is 5.91 Å². The number of carbonyl (C=O) groups is 1. The van der Waals surface area contributed by atoms with Gasteiger partial charge in [0.2, 0.25) is 5.91 Å². The van der Waals surface area contributed by atoms with Gasteiger partial charge in [0.1, 0.15) is 0 Å². The van der Waals surface area contributed by atoms with Crippen molar-refractivity contribution in [3.63, 3.8) is 0 Å². The summed E-state index contributed by atoms with van der Waals surface area (Å²) in [6.07, 6.45) is 8.25. The van der Waals surface area contributed by atoms with E-state index < -0.39 is 0 Å². The van der Waals surface area contributed by atoms with Crippen LogP contribution in [-0.2, 0) is 11.3 Å². The van der Waals surface area contributed by atoms with E-state index >= 15 is 0 Å². The topological polar surface area (TPSA) is 65.1 Å². The fraction of sp³-hybridized carbons (Fsp3) is 0.526. The minimum absolute atomic E-state index is 0.250. The summed E-state index contributed by atoms with van der Waals surface area (Å²) >= 11 is 0. The largest absolute Gasteiger partial charge is 0.342 e. The number of amides is 1. The lowest BCUT2D eigenvalue weighted by atomic mass is 9.93. The third-order valence-electron chi connectivity index (χ3n) is 4.93. The lowest BCUT2D eigenvalue weighted by Gasteiger charge is -2.33. The Kier molecular flexibility index (Phi) is 5.81. The molecule has 1 aliphatic rings. The Bertz CT molecular complexity index is 684. The first kappa shape index (κ1) is 17.6. The smallest absolute Gasteiger partial charge is 0.223 e. The van der Waals surface area contributed by atoms with Gasteiger partial charge >= 0.3 is 0 Å². The number of hydrogen-bond donors (Lipinski definition) is 1. The zero-order valence-corrected chi connectivity index (χ0v) is 15.1. The maximum Gasteiger partial charge on any atom is 0.223 e. The van der Waals surface area contributed by atoms with Crippen molar-refractivity contribution in [1.82, 2.24) is 25.0 Å². The van der Waals surface area contributed by atoms with Crippen molar-refractivity contribution in [1.29, 1.82) is 0 Å².